The monoisotopic (exact) mass is 385 g/mol. The molecular weight excluding hydrogens is 358 g/mol. The van der Waals surface area contributed by atoms with Gasteiger partial charge in [-0.3, -0.25) is 0 Å². The van der Waals surface area contributed by atoms with Gasteiger partial charge in [-0.2, -0.15) is 11.8 Å². The summed E-state index contributed by atoms with van der Waals surface area (Å²) >= 11 is 8.37. The summed E-state index contributed by atoms with van der Waals surface area (Å²) in [6.45, 7) is 6.83. The Morgan fingerprint density at radius 3 is 2.84 bits per heavy atom. The van der Waals surface area contributed by atoms with Gasteiger partial charge in [-0.1, -0.05) is 11.6 Å². The Morgan fingerprint density at radius 1 is 1.36 bits per heavy atom. The lowest BCUT2D eigenvalue weighted by molar-refractivity contribution is 0.311. The Bertz CT molecular complexity index is 578. The van der Waals surface area contributed by atoms with Gasteiger partial charge >= 0.3 is 0 Å². The minimum Gasteiger partial charge on any atom is -0.493 e. The van der Waals surface area contributed by atoms with Crippen molar-refractivity contribution in [2.75, 3.05) is 32.6 Å². The molecule has 25 heavy (non-hydrogen) atoms. The van der Waals surface area contributed by atoms with Crippen LogP contribution in [0.2, 0.25) is 5.02 Å². The van der Waals surface area contributed by atoms with Gasteiger partial charge in [0, 0.05) is 18.3 Å². The lowest BCUT2D eigenvalue weighted by Crippen LogP contribution is -2.40. The van der Waals surface area contributed by atoms with Crippen molar-refractivity contribution in [3.63, 3.8) is 0 Å². The summed E-state index contributed by atoms with van der Waals surface area (Å²) in [6.07, 6.45) is 2.60. The summed E-state index contributed by atoms with van der Waals surface area (Å²) in [7, 11) is 1.62. The molecule has 1 aromatic carbocycles. The Kier molecular flexibility index (Phi) is 8.55. The molecule has 1 heterocycles. The molecule has 0 aromatic heterocycles. The van der Waals surface area contributed by atoms with E-state index in [1.54, 1.807) is 7.11 Å². The third-order valence-electron chi connectivity index (χ3n) is 3.86. The fraction of sp³-hybridized carbons (Fsp3) is 0.611. The number of guanidine groups is 1. The molecule has 0 aliphatic carbocycles. The number of nitrogens with zero attached hydrogens (tertiary/aromatic N) is 1. The van der Waals surface area contributed by atoms with Gasteiger partial charge in [0.15, 0.2) is 17.5 Å². The lowest BCUT2D eigenvalue weighted by atomic mass is 10.2. The molecule has 0 radical (unpaired) electrons. The van der Waals surface area contributed by atoms with E-state index in [4.69, 9.17) is 21.1 Å². The van der Waals surface area contributed by atoms with Crippen molar-refractivity contribution < 1.29 is 9.47 Å². The van der Waals surface area contributed by atoms with Crippen molar-refractivity contribution in [2.24, 2.45) is 4.99 Å². The molecule has 140 valence electrons. The van der Waals surface area contributed by atoms with Gasteiger partial charge in [-0.05, 0) is 50.1 Å². The Morgan fingerprint density at radius 2 is 2.20 bits per heavy atom. The number of nitrogens with one attached hydrogen (secondary N) is 2. The quantitative estimate of drug-likeness (QED) is 0.528. The molecular formula is C18H28ClN3O2S. The molecule has 0 bridgehead atoms. The topological polar surface area (TPSA) is 54.9 Å². The van der Waals surface area contributed by atoms with Gasteiger partial charge in [0.05, 0.1) is 25.3 Å². The largest absolute Gasteiger partial charge is 0.493 e. The standard InChI is InChI=1S/C18H28ClN3O2S/c1-4-20-18(22-12-14-7-6-8-25-14)21-11-13-9-15(19)17(24-5-2)16(10-13)23-3/h9-10,14H,4-8,11-12H2,1-3H3,(H2,20,21,22). The number of aliphatic imine (C=N–C) groups is 1. The van der Waals surface area contributed by atoms with E-state index in [0.29, 0.717) is 34.9 Å². The van der Waals surface area contributed by atoms with Crippen molar-refractivity contribution >= 4 is 29.3 Å². The number of benzene rings is 1. The highest BCUT2D eigenvalue weighted by atomic mass is 35.5. The van der Waals surface area contributed by atoms with Crippen LogP contribution < -0.4 is 20.1 Å². The Labute approximate surface area is 159 Å². The average molecular weight is 386 g/mol. The number of halogens is 1. The smallest absolute Gasteiger partial charge is 0.191 e. The van der Waals surface area contributed by atoms with Crippen molar-refractivity contribution in [1.82, 2.24) is 10.6 Å². The van der Waals surface area contributed by atoms with Crippen molar-refractivity contribution in [2.45, 2.75) is 38.5 Å². The molecule has 0 amide bonds. The van der Waals surface area contributed by atoms with Gasteiger partial charge < -0.3 is 20.1 Å². The third kappa shape index (κ3) is 6.19. The predicted molar refractivity (Wildman–Crippen MR) is 107 cm³/mol. The highest BCUT2D eigenvalue weighted by Crippen LogP contribution is 2.36. The summed E-state index contributed by atoms with van der Waals surface area (Å²) in [4.78, 5) is 4.67. The fourth-order valence-corrected chi connectivity index (χ4v) is 4.17. The molecule has 1 atom stereocenters. The SMILES string of the molecule is CCNC(=NCc1cc(Cl)c(OCC)c(OC)c1)NCC1CCCS1. The molecule has 1 unspecified atom stereocenters. The number of ether oxygens (including phenoxy) is 2. The van der Waals surface area contributed by atoms with E-state index in [1.165, 1.54) is 18.6 Å². The lowest BCUT2D eigenvalue weighted by Gasteiger charge is -2.15. The average Bonchev–Trinajstić information content (AvgIpc) is 3.13. The number of hydrogen-bond acceptors (Lipinski definition) is 4. The van der Waals surface area contributed by atoms with Crippen LogP contribution in [0.4, 0.5) is 0 Å². The summed E-state index contributed by atoms with van der Waals surface area (Å²) < 4.78 is 11.0. The zero-order valence-electron chi connectivity index (χ0n) is 15.2. The van der Waals surface area contributed by atoms with E-state index >= 15 is 0 Å². The Hall–Kier alpha value is -1.27. The van der Waals surface area contributed by atoms with Crippen LogP contribution in [0.3, 0.4) is 0 Å². The molecule has 1 aliphatic rings. The maximum Gasteiger partial charge on any atom is 0.191 e. The van der Waals surface area contributed by atoms with Crippen LogP contribution >= 0.6 is 23.4 Å². The van der Waals surface area contributed by atoms with Crippen LogP contribution in [0.15, 0.2) is 17.1 Å². The van der Waals surface area contributed by atoms with Crippen LogP contribution in [0, 0.1) is 0 Å². The molecule has 1 saturated heterocycles. The Balaban J connectivity index is 2.03. The number of thioether (sulfide) groups is 1. The van der Waals surface area contributed by atoms with Crippen LogP contribution in [-0.2, 0) is 6.54 Å². The van der Waals surface area contributed by atoms with Gasteiger partial charge in [0.1, 0.15) is 0 Å². The molecule has 2 N–H and O–H groups in total. The second-order valence-electron chi connectivity index (χ2n) is 5.75. The molecule has 5 nitrogen and oxygen atoms in total. The van der Waals surface area contributed by atoms with Crippen LogP contribution in [0.25, 0.3) is 0 Å². The fourth-order valence-electron chi connectivity index (χ4n) is 2.68. The van der Waals surface area contributed by atoms with Crippen molar-refractivity contribution in [3.8, 4) is 11.5 Å². The first-order chi connectivity index (χ1) is 12.2. The van der Waals surface area contributed by atoms with E-state index in [-0.39, 0.29) is 0 Å². The molecule has 0 saturated carbocycles. The highest BCUT2D eigenvalue weighted by molar-refractivity contribution is 8.00. The zero-order chi connectivity index (χ0) is 18.1. The minimum atomic E-state index is 0.523. The van der Waals surface area contributed by atoms with Gasteiger partial charge in [-0.25, -0.2) is 4.99 Å². The second-order valence-corrected chi connectivity index (χ2v) is 7.57. The zero-order valence-corrected chi connectivity index (χ0v) is 16.8. The summed E-state index contributed by atoms with van der Waals surface area (Å²) in [5, 5.41) is 7.96. The minimum absolute atomic E-state index is 0.523. The van der Waals surface area contributed by atoms with Crippen LogP contribution in [-0.4, -0.2) is 43.8 Å². The van der Waals surface area contributed by atoms with Crippen LogP contribution in [0.1, 0.15) is 32.3 Å². The maximum atomic E-state index is 6.33. The summed E-state index contributed by atoms with van der Waals surface area (Å²) in [6, 6.07) is 3.81. The maximum absolute atomic E-state index is 6.33. The molecule has 0 spiro atoms. The van der Waals surface area contributed by atoms with Crippen LogP contribution in [0.5, 0.6) is 11.5 Å². The molecule has 7 heteroatoms. The number of methoxy groups -OCH3 is 1. The number of rotatable bonds is 8. The van der Waals surface area contributed by atoms with E-state index < -0.39 is 0 Å². The normalized spacial score (nSPS) is 17.4. The van der Waals surface area contributed by atoms with E-state index in [2.05, 4.69) is 22.5 Å². The van der Waals surface area contributed by atoms with Gasteiger partial charge in [0.25, 0.3) is 0 Å². The molecule has 2 rings (SSSR count). The van der Waals surface area contributed by atoms with Crippen molar-refractivity contribution in [1.29, 1.82) is 0 Å². The van der Waals surface area contributed by atoms with E-state index in [1.807, 2.05) is 30.8 Å². The summed E-state index contributed by atoms with van der Waals surface area (Å²) in [5.74, 6) is 3.33. The molecule has 1 aromatic rings. The van der Waals surface area contributed by atoms with Gasteiger partial charge in [0.2, 0.25) is 0 Å². The first kappa shape index (κ1) is 20.0. The first-order valence-electron chi connectivity index (χ1n) is 8.80. The van der Waals surface area contributed by atoms with Crippen molar-refractivity contribution in [3.05, 3.63) is 22.7 Å². The predicted octanol–water partition coefficient (Wildman–Crippen LogP) is 3.70. The molecule has 1 fully saturated rings. The second kappa shape index (κ2) is 10.7. The van der Waals surface area contributed by atoms with Gasteiger partial charge in [-0.15, -0.1) is 0 Å². The first-order valence-corrected chi connectivity index (χ1v) is 10.2. The summed E-state index contributed by atoms with van der Waals surface area (Å²) in [5.41, 5.74) is 0.984. The third-order valence-corrected chi connectivity index (χ3v) is 5.54. The molecule has 1 aliphatic heterocycles. The highest BCUT2D eigenvalue weighted by Gasteiger charge is 2.16. The van der Waals surface area contributed by atoms with E-state index in [0.717, 1.165) is 24.6 Å². The van der Waals surface area contributed by atoms with E-state index in [9.17, 15) is 0 Å². The number of hydrogen-bond donors (Lipinski definition) is 2.